The zero-order chi connectivity index (χ0) is 13.2. The van der Waals surface area contributed by atoms with Crippen LogP contribution in [0.2, 0.25) is 0 Å². The standard InChI is InChI=1S/C12H7Cl3FNO/c13-12(14,15)8-4-5-11(17-7-8)18-10-3-1-2-9(16)6-10/h1-7H. The second kappa shape index (κ2) is 5.31. The van der Waals surface area contributed by atoms with Crippen LogP contribution in [0.5, 0.6) is 11.6 Å². The van der Waals surface area contributed by atoms with Gasteiger partial charge in [-0.3, -0.25) is 0 Å². The largest absolute Gasteiger partial charge is 0.439 e. The fourth-order valence-corrected chi connectivity index (χ4v) is 1.59. The van der Waals surface area contributed by atoms with Crippen LogP contribution in [0.4, 0.5) is 4.39 Å². The van der Waals surface area contributed by atoms with Gasteiger partial charge >= 0.3 is 0 Å². The molecule has 0 spiro atoms. The van der Waals surface area contributed by atoms with E-state index in [0.29, 0.717) is 17.2 Å². The molecule has 1 aromatic heterocycles. The van der Waals surface area contributed by atoms with Crippen molar-refractivity contribution in [3.05, 3.63) is 54.0 Å². The molecule has 0 aliphatic carbocycles. The topological polar surface area (TPSA) is 22.1 Å². The monoisotopic (exact) mass is 305 g/mol. The van der Waals surface area contributed by atoms with Crippen molar-refractivity contribution in [3.63, 3.8) is 0 Å². The van der Waals surface area contributed by atoms with Crippen molar-refractivity contribution in [3.8, 4) is 11.6 Å². The van der Waals surface area contributed by atoms with Crippen LogP contribution in [0.1, 0.15) is 5.56 Å². The average Bonchev–Trinajstić information content (AvgIpc) is 2.28. The first-order chi connectivity index (χ1) is 8.45. The van der Waals surface area contributed by atoms with Gasteiger partial charge in [-0.1, -0.05) is 40.9 Å². The van der Waals surface area contributed by atoms with Gasteiger partial charge in [-0.25, -0.2) is 9.37 Å². The predicted molar refractivity (Wildman–Crippen MR) is 69.9 cm³/mol. The molecule has 0 radical (unpaired) electrons. The van der Waals surface area contributed by atoms with Crippen LogP contribution in [0.25, 0.3) is 0 Å². The van der Waals surface area contributed by atoms with Gasteiger partial charge in [-0.2, -0.15) is 0 Å². The highest BCUT2D eigenvalue weighted by molar-refractivity contribution is 6.66. The highest BCUT2D eigenvalue weighted by atomic mass is 35.6. The molecule has 94 valence electrons. The number of rotatable bonds is 2. The number of alkyl halides is 3. The highest BCUT2D eigenvalue weighted by Crippen LogP contribution is 2.38. The van der Waals surface area contributed by atoms with Gasteiger partial charge in [0.1, 0.15) is 11.6 Å². The Kier molecular flexibility index (Phi) is 3.95. The van der Waals surface area contributed by atoms with Crippen molar-refractivity contribution in [1.82, 2.24) is 4.98 Å². The number of pyridine rings is 1. The zero-order valence-electron chi connectivity index (χ0n) is 8.91. The van der Waals surface area contributed by atoms with Crippen molar-refractivity contribution >= 4 is 34.8 Å². The first-order valence-electron chi connectivity index (χ1n) is 4.92. The van der Waals surface area contributed by atoms with E-state index in [4.69, 9.17) is 39.5 Å². The maximum Gasteiger partial charge on any atom is 0.219 e. The van der Waals surface area contributed by atoms with E-state index in [1.54, 1.807) is 24.3 Å². The van der Waals surface area contributed by atoms with E-state index in [9.17, 15) is 4.39 Å². The molecule has 0 aliphatic rings. The van der Waals surface area contributed by atoms with Crippen molar-refractivity contribution in [1.29, 1.82) is 0 Å². The Labute approximate surface area is 118 Å². The molecule has 1 heterocycles. The van der Waals surface area contributed by atoms with E-state index < -0.39 is 3.79 Å². The van der Waals surface area contributed by atoms with E-state index >= 15 is 0 Å². The molecule has 6 heteroatoms. The van der Waals surface area contributed by atoms with Gasteiger partial charge in [0.2, 0.25) is 9.67 Å². The minimum atomic E-state index is -1.52. The summed E-state index contributed by atoms with van der Waals surface area (Å²) in [5.41, 5.74) is 0.430. The maximum atomic E-state index is 12.9. The smallest absolute Gasteiger partial charge is 0.219 e. The third-order valence-electron chi connectivity index (χ3n) is 2.08. The van der Waals surface area contributed by atoms with E-state index in [0.717, 1.165) is 0 Å². The molecule has 0 saturated carbocycles. The number of hydrogen-bond acceptors (Lipinski definition) is 2. The molecule has 2 rings (SSSR count). The van der Waals surface area contributed by atoms with Gasteiger partial charge in [-0.15, -0.1) is 0 Å². The lowest BCUT2D eigenvalue weighted by molar-refractivity contribution is 0.458. The molecule has 0 amide bonds. The number of ether oxygens (including phenoxy) is 1. The Morgan fingerprint density at radius 1 is 1.11 bits per heavy atom. The van der Waals surface area contributed by atoms with Crippen LogP contribution >= 0.6 is 34.8 Å². The Bertz CT molecular complexity index is 540. The van der Waals surface area contributed by atoms with Crippen LogP contribution in [0.15, 0.2) is 42.6 Å². The van der Waals surface area contributed by atoms with Crippen molar-refractivity contribution in [2.45, 2.75) is 3.79 Å². The Morgan fingerprint density at radius 2 is 1.89 bits per heavy atom. The van der Waals surface area contributed by atoms with Gasteiger partial charge in [-0.05, 0) is 18.2 Å². The second-order valence-corrected chi connectivity index (χ2v) is 5.72. The third-order valence-corrected chi connectivity index (χ3v) is 2.74. The molecule has 0 atom stereocenters. The van der Waals surface area contributed by atoms with E-state index in [1.807, 2.05) is 0 Å². The fourth-order valence-electron chi connectivity index (χ4n) is 1.26. The quantitative estimate of drug-likeness (QED) is 0.741. The molecule has 0 aliphatic heterocycles. The van der Waals surface area contributed by atoms with Crippen LogP contribution in [0.3, 0.4) is 0 Å². The van der Waals surface area contributed by atoms with E-state index in [2.05, 4.69) is 4.98 Å². The highest BCUT2D eigenvalue weighted by Gasteiger charge is 2.22. The van der Waals surface area contributed by atoms with E-state index in [1.165, 1.54) is 18.3 Å². The molecule has 0 fully saturated rings. The van der Waals surface area contributed by atoms with Crippen molar-refractivity contribution in [2.75, 3.05) is 0 Å². The van der Waals surface area contributed by atoms with Crippen LogP contribution in [-0.2, 0) is 3.79 Å². The van der Waals surface area contributed by atoms with Crippen molar-refractivity contribution < 1.29 is 9.13 Å². The molecule has 2 aromatic rings. The summed E-state index contributed by atoms with van der Waals surface area (Å²) in [5, 5.41) is 0. The van der Waals surface area contributed by atoms with Gasteiger partial charge < -0.3 is 4.74 Å². The van der Waals surface area contributed by atoms with Crippen LogP contribution < -0.4 is 4.74 Å². The lowest BCUT2D eigenvalue weighted by Gasteiger charge is -2.11. The molecule has 0 saturated heterocycles. The first-order valence-corrected chi connectivity index (χ1v) is 6.05. The number of nitrogens with zero attached hydrogens (tertiary/aromatic N) is 1. The summed E-state index contributed by atoms with van der Waals surface area (Å²) >= 11 is 17.1. The average molecular weight is 307 g/mol. The van der Waals surface area contributed by atoms with E-state index in [-0.39, 0.29) is 5.82 Å². The summed E-state index contributed by atoms with van der Waals surface area (Å²) in [5.74, 6) is 0.258. The Morgan fingerprint density at radius 3 is 2.44 bits per heavy atom. The number of halogens is 4. The van der Waals surface area contributed by atoms with Gasteiger partial charge in [0, 0.05) is 23.9 Å². The molecular weight excluding hydrogens is 299 g/mol. The number of hydrogen-bond donors (Lipinski definition) is 0. The van der Waals surface area contributed by atoms with Gasteiger partial charge in [0.15, 0.2) is 0 Å². The first kappa shape index (κ1) is 13.4. The summed E-state index contributed by atoms with van der Waals surface area (Å²) in [6, 6.07) is 8.86. The molecule has 1 aromatic carbocycles. The van der Waals surface area contributed by atoms with Gasteiger partial charge in [0.25, 0.3) is 0 Å². The molecule has 0 N–H and O–H groups in total. The second-order valence-electron chi connectivity index (χ2n) is 3.44. The predicted octanol–water partition coefficient (Wildman–Crippen LogP) is 4.84. The Hall–Kier alpha value is -1.03. The molecule has 0 unspecified atom stereocenters. The van der Waals surface area contributed by atoms with Crippen LogP contribution in [-0.4, -0.2) is 4.98 Å². The summed E-state index contributed by atoms with van der Waals surface area (Å²) in [6.45, 7) is 0. The van der Waals surface area contributed by atoms with Crippen molar-refractivity contribution in [2.24, 2.45) is 0 Å². The Balaban J connectivity index is 2.16. The summed E-state index contributed by atoms with van der Waals surface area (Å²) in [4.78, 5) is 3.97. The maximum absolute atomic E-state index is 12.9. The number of aromatic nitrogens is 1. The number of benzene rings is 1. The SMILES string of the molecule is Fc1cccc(Oc2ccc(C(Cl)(Cl)Cl)cn2)c1. The minimum Gasteiger partial charge on any atom is -0.439 e. The summed E-state index contributed by atoms with van der Waals surface area (Å²) in [7, 11) is 0. The van der Waals surface area contributed by atoms with Crippen LogP contribution in [0, 0.1) is 5.82 Å². The lowest BCUT2D eigenvalue weighted by Crippen LogP contribution is -2.00. The fraction of sp³-hybridized carbons (Fsp3) is 0.0833. The summed E-state index contributed by atoms with van der Waals surface area (Å²) in [6.07, 6.45) is 1.39. The lowest BCUT2D eigenvalue weighted by atomic mass is 10.3. The molecule has 0 bridgehead atoms. The molecular formula is C12H7Cl3FNO. The molecule has 18 heavy (non-hydrogen) atoms. The zero-order valence-corrected chi connectivity index (χ0v) is 11.2. The normalized spacial score (nSPS) is 11.3. The van der Waals surface area contributed by atoms with Gasteiger partial charge in [0.05, 0.1) is 0 Å². The summed E-state index contributed by atoms with van der Waals surface area (Å²) < 4.78 is 16.8. The minimum absolute atomic E-state index is 0.290. The third kappa shape index (κ3) is 3.48. The molecule has 2 nitrogen and oxygen atoms in total.